The van der Waals surface area contributed by atoms with Crippen LogP contribution in [0.15, 0.2) is 65.5 Å². The number of aromatic amines is 1. The highest BCUT2D eigenvalue weighted by atomic mass is 16.2. The molecule has 0 saturated carbocycles. The van der Waals surface area contributed by atoms with E-state index in [4.69, 9.17) is 0 Å². The largest absolute Gasteiger partial charge is 0.330 e. The Balaban J connectivity index is 1.65. The average Bonchev–Trinajstić information content (AvgIpc) is 2.71. The molecule has 0 unspecified atom stereocenters. The van der Waals surface area contributed by atoms with E-state index < -0.39 is 0 Å². The Morgan fingerprint density at radius 2 is 1.70 bits per heavy atom. The van der Waals surface area contributed by atoms with Crippen LogP contribution in [-0.4, -0.2) is 32.3 Å². The number of carbonyl (C=O) groups excluding carboxylic acids is 1. The molecule has 0 aliphatic carbocycles. The quantitative estimate of drug-likeness (QED) is 0.608. The van der Waals surface area contributed by atoms with Gasteiger partial charge in [-0.25, -0.2) is 9.97 Å². The fraction of sp³-hybridized carbons (Fsp3) is 0.143. The normalized spacial score (nSPS) is 11.0. The Morgan fingerprint density at radius 3 is 2.52 bits per heavy atom. The van der Waals surface area contributed by atoms with Crippen LogP contribution in [0.4, 0.5) is 0 Å². The minimum Gasteiger partial charge on any atom is -0.330 e. The Bertz CT molecular complexity index is 1200. The standard InChI is InChI=1S/C21H18N4O2/c1-2-25(13-19-23-17-10-6-4-8-15(17)20(26)24-19)21(27)18-12-11-14-7-3-5-9-16(14)22-18/h3-12H,2,13H2,1H3,(H,23,24,26). The maximum Gasteiger partial charge on any atom is 0.272 e. The summed E-state index contributed by atoms with van der Waals surface area (Å²) in [6, 6.07) is 18.4. The van der Waals surface area contributed by atoms with Crippen LogP contribution in [0.2, 0.25) is 0 Å². The van der Waals surface area contributed by atoms with Gasteiger partial charge in [0.25, 0.3) is 11.5 Å². The van der Waals surface area contributed by atoms with Crippen LogP contribution in [0.25, 0.3) is 21.8 Å². The lowest BCUT2D eigenvalue weighted by Gasteiger charge is -2.20. The molecule has 0 aliphatic heterocycles. The van der Waals surface area contributed by atoms with Crippen molar-refractivity contribution < 1.29 is 4.79 Å². The van der Waals surface area contributed by atoms with Crippen molar-refractivity contribution in [1.29, 1.82) is 0 Å². The lowest BCUT2D eigenvalue weighted by atomic mass is 10.2. The SMILES string of the molecule is CCN(Cc1nc2ccccc2c(=O)[nH]1)C(=O)c1ccc2ccccc2n1. The van der Waals surface area contributed by atoms with Crippen LogP contribution in [0.5, 0.6) is 0 Å². The summed E-state index contributed by atoms with van der Waals surface area (Å²) < 4.78 is 0. The molecule has 1 amide bonds. The number of hydrogen-bond acceptors (Lipinski definition) is 4. The molecule has 2 aromatic carbocycles. The van der Waals surface area contributed by atoms with Crippen molar-refractivity contribution in [3.8, 4) is 0 Å². The van der Waals surface area contributed by atoms with Crippen molar-refractivity contribution in [2.24, 2.45) is 0 Å². The second kappa shape index (κ2) is 6.99. The lowest BCUT2D eigenvalue weighted by molar-refractivity contribution is 0.0743. The van der Waals surface area contributed by atoms with Gasteiger partial charge in [-0.2, -0.15) is 0 Å². The van der Waals surface area contributed by atoms with Crippen molar-refractivity contribution in [3.63, 3.8) is 0 Å². The minimum atomic E-state index is -0.206. The summed E-state index contributed by atoms with van der Waals surface area (Å²) in [4.78, 5) is 38.5. The molecule has 0 saturated heterocycles. The molecule has 0 spiro atoms. The minimum absolute atomic E-state index is 0.195. The van der Waals surface area contributed by atoms with E-state index in [0.717, 1.165) is 10.9 Å². The highest BCUT2D eigenvalue weighted by Crippen LogP contribution is 2.14. The highest BCUT2D eigenvalue weighted by Gasteiger charge is 2.18. The number of hydrogen-bond donors (Lipinski definition) is 1. The Kier molecular flexibility index (Phi) is 4.38. The van der Waals surface area contributed by atoms with E-state index in [1.165, 1.54) is 0 Å². The van der Waals surface area contributed by atoms with Gasteiger partial charge in [0, 0.05) is 11.9 Å². The number of rotatable bonds is 4. The van der Waals surface area contributed by atoms with Gasteiger partial charge in [-0.1, -0.05) is 36.4 Å². The summed E-state index contributed by atoms with van der Waals surface area (Å²) >= 11 is 0. The molecule has 4 aromatic rings. The van der Waals surface area contributed by atoms with Gasteiger partial charge in [0.15, 0.2) is 0 Å². The number of amides is 1. The van der Waals surface area contributed by atoms with E-state index in [-0.39, 0.29) is 18.0 Å². The third-order valence-corrected chi connectivity index (χ3v) is 4.49. The second-order valence-electron chi connectivity index (χ2n) is 6.24. The summed E-state index contributed by atoms with van der Waals surface area (Å²) in [5.74, 6) is 0.258. The average molecular weight is 358 g/mol. The zero-order chi connectivity index (χ0) is 18.8. The monoisotopic (exact) mass is 358 g/mol. The molecule has 2 aromatic heterocycles. The van der Waals surface area contributed by atoms with E-state index in [1.807, 2.05) is 43.3 Å². The van der Waals surface area contributed by atoms with Crippen molar-refractivity contribution >= 4 is 27.7 Å². The number of para-hydroxylation sites is 2. The van der Waals surface area contributed by atoms with E-state index in [2.05, 4.69) is 15.0 Å². The third-order valence-electron chi connectivity index (χ3n) is 4.49. The van der Waals surface area contributed by atoms with Crippen LogP contribution < -0.4 is 5.56 Å². The van der Waals surface area contributed by atoms with Crippen molar-refractivity contribution in [3.05, 3.63) is 82.5 Å². The fourth-order valence-corrected chi connectivity index (χ4v) is 3.06. The van der Waals surface area contributed by atoms with Gasteiger partial charge in [-0.3, -0.25) is 9.59 Å². The first-order valence-corrected chi connectivity index (χ1v) is 8.78. The summed E-state index contributed by atoms with van der Waals surface area (Å²) in [5, 5.41) is 1.52. The first-order chi connectivity index (χ1) is 13.2. The highest BCUT2D eigenvalue weighted by molar-refractivity contribution is 5.94. The molecule has 134 valence electrons. The first kappa shape index (κ1) is 16.9. The number of aromatic nitrogens is 3. The fourth-order valence-electron chi connectivity index (χ4n) is 3.06. The Morgan fingerprint density at radius 1 is 0.963 bits per heavy atom. The molecule has 6 nitrogen and oxygen atoms in total. The maximum absolute atomic E-state index is 12.9. The number of nitrogens with zero attached hydrogens (tertiary/aromatic N) is 3. The number of nitrogens with one attached hydrogen (secondary N) is 1. The van der Waals surface area contributed by atoms with Gasteiger partial charge >= 0.3 is 0 Å². The van der Waals surface area contributed by atoms with Gasteiger partial charge in [-0.05, 0) is 31.2 Å². The van der Waals surface area contributed by atoms with Gasteiger partial charge in [-0.15, -0.1) is 0 Å². The Hall–Kier alpha value is -3.54. The zero-order valence-corrected chi connectivity index (χ0v) is 14.8. The van der Waals surface area contributed by atoms with Crippen LogP contribution in [-0.2, 0) is 6.54 Å². The number of benzene rings is 2. The van der Waals surface area contributed by atoms with Crippen LogP contribution in [0.3, 0.4) is 0 Å². The number of H-pyrrole nitrogens is 1. The maximum atomic E-state index is 12.9. The van der Waals surface area contributed by atoms with Crippen LogP contribution >= 0.6 is 0 Å². The van der Waals surface area contributed by atoms with Gasteiger partial charge < -0.3 is 9.88 Å². The Labute approximate surface area is 155 Å². The second-order valence-corrected chi connectivity index (χ2v) is 6.24. The van der Waals surface area contributed by atoms with Crippen molar-refractivity contribution in [2.45, 2.75) is 13.5 Å². The number of pyridine rings is 1. The number of carbonyl (C=O) groups is 1. The van der Waals surface area contributed by atoms with Gasteiger partial charge in [0.1, 0.15) is 11.5 Å². The molecule has 0 atom stereocenters. The molecular formula is C21H18N4O2. The molecule has 1 N–H and O–H groups in total. The van der Waals surface area contributed by atoms with Crippen molar-refractivity contribution in [2.75, 3.05) is 6.54 Å². The topological polar surface area (TPSA) is 79.0 Å². The molecule has 0 bridgehead atoms. The molecule has 4 rings (SSSR count). The molecule has 0 fully saturated rings. The van der Waals surface area contributed by atoms with Crippen LogP contribution in [0.1, 0.15) is 23.2 Å². The summed E-state index contributed by atoms with van der Waals surface area (Å²) in [7, 11) is 0. The van der Waals surface area contributed by atoms with E-state index in [0.29, 0.717) is 29.0 Å². The van der Waals surface area contributed by atoms with Crippen LogP contribution in [0, 0.1) is 0 Å². The summed E-state index contributed by atoms with van der Waals surface area (Å²) in [6.45, 7) is 2.58. The first-order valence-electron chi connectivity index (χ1n) is 8.78. The summed E-state index contributed by atoms with van der Waals surface area (Å²) in [6.07, 6.45) is 0. The van der Waals surface area contributed by atoms with Gasteiger partial charge in [0.05, 0.1) is 23.0 Å². The van der Waals surface area contributed by atoms with E-state index in [9.17, 15) is 9.59 Å². The predicted octanol–water partition coefficient (Wildman–Crippen LogP) is 3.13. The molecule has 2 heterocycles. The molecule has 0 radical (unpaired) electrons. The molecule has 0 aliphatic rings. The summed E-state index contributed by atoms with van der Waals surface area (Å²) in [5.41, 5.74) is 1.56. The smallest absolute Gasteiger partial charge is 0.272 e. The molecular weight excluding hydrogens is 340 g/mol. The number of fused-ring (bicyclic) bond motifs is 2. The lowest BCUT2D eigenvalue weighted by Crippen LogP contribution is -2.32. The van der Waals surface area contributed by atoms with E-state index in [1.54, 1.807) is 29.2 Å². The predicted molar refractivity (Wildman–Crippen MR) is 105 cm³/mol. The molecule has 6 heteroatoms. The van der Waals surface area contributed by atoms with Crippen molar-refractivity contribution in [1.82, 2.24) is 19.9 Å². The molecule has 27 heavy (non-hydrogen) atoms. The zero-order valence-electron chi connectivity index (χ0n) is 14.8. The van der Waals surface area contributed by atoms with Gasteiger partial charge in [0.2, 0.25) is 0 Å². The van der Waals surface area contributed by atoms with E-state index >= 15 is 0 Å². The third kappa shape index (κ3) is 3.29.